The molecule has 0 aliphatic carbocycles. The lowest BCUT2D eigenvalue weighted by Gasteiger charge is -2.16. The Morgan fingerprint density at radius 3 is 2.62 bits per heavy atom. The number of hydrogen-bond acceptors (Lipinski definition) is 5. The summed E-state index contributed by atoms with van der Waals surface area (Å²) in [6.07, 6.45) is -0.349. The molecule has 0 aliphatic rings. The van der Waals surface area contributed by atoms with E-state index in [0.717, 1.165) is 5.56 Å². The van der Waals surface area contributed by atoms with Gasteiger partial charge in [-0.1, -0.05) is 0 Å². The molecule has 0 fully saturated rings. The topological polar surface area (TPSA) is 88.0 Å². The highest BCUT2D eigenvalue weighted by molar-refractivity contribution is 6.18. The van der Waals surface area contributed by atoms with Gasteiger partial charge in [-0.15, -0.1) is 11.6 Å². The number of methoxy groups -OCH3 is 2. The first-order valence-corrected chi connectivity index (χ1v) is 6.99. The second kappa shape index (κ2) is 8.59. The van der Waals surface area contributed by atoms with Crippen molar-refractivity contribution in [2.24, 2.45) is 0 Å². The fourth-order valence-electron chi connectivity index (χ4n) is 1.86. The molecule has 7 heteroatoms. The minimum Gasteiger partial charge on any atom is -0.493 e. The maximum Gasteiger partial charge on any atom is 0.303 e. The number of alkyl halides is 1. The highest BCUT2D eigenvalue weighted by Gasteiger charge is 2.14. The molecule has 0 saturated heterocycles. The summed E-state index contributed by atoms with van der Waals surface area (Å²) in [4.78, 5) is 10.7. The van der Waals surface area contributed by atoms with Gasteiger partial charge in [0.1, 0.15) is 0 Å². The van der Waals surface area contributed by atoms with Crippen molar-refractivity contribution >= 4 is 23.3 Å². The maximum absolute atomic E-state index is 10.7. The van der Waals surface area contributed by atoms with E-state index in [2.05, 4.69) is 5.32 Å². The number of aliphatic carboxylic acids is 1. The number of nitrogens with one attached hydrogen (secondary N) is 1. The molecule has 1 atom stereocenters. The van der Waals surface area contributed by atoms with Gasteiger partial charge < -0.3 is 25.0 Å². The Balaban J connectivity index is 2.98. The Morgan fingerprint density at radius 1 is 1.38 bits per heavy atom. The number of carbonyl (C=O) groups is 1. The number of carboxylic acids is 1. The minimum absolute atomic E-state index is 0.00667. The molecule has 0 amide bonds. The first-order chi connectivity index (χ1) is 10.0. The van der Waals surface area contributed by atoms with Gasteiger partial charge in [0.25, 0.3) is 0 Å². The number of aliphatic hydroxyl groups excluding tert-OH is 1. The monoisotopic (exact) mass is 317 g/mol. The molecule has 0 spiro atoms. The van der Waals surface area contributed by atoms with Crippen LogP contribution in [0.1, 0.15) is 12.0 Å². The predicted octanol–water partition coefficient (Wildman–Crippen LogP) is 1.73. The average Bonchev–Trinajstić information content (AvgIpc) is 2.49. The largest absolute Gasteiger partial charge is 0.493 e. The Morgan fingerprint density at radius 2 is 2.10 bits per heavy atom. The van der Waals surface area contributed by atoms with Crippen molar-refractivity contribution in [3.05, 3.63) is 17.7 Å². The van der Waals surface area contributed by atoms with E-state index in [0.29, 0.717) is 23.6 Å². The van der Waals surface area contributed by atoms with Crippen LogP contribution in [0, 0.1) is 0 Å². The summed E-state index contributed by atoms with van der Waals surface area (Å²) in [5.41, 5.74) is 1.43. The standard InChI is InChI=1S/C14H20ClNO5/c1-20-12-6-10(16-8-11(17)7-15)5-9(14(12)21-2)3-4-13(18)19/h5-6,11,16-17H,3-4,7-8H2,1-2H3,(H,18,19). The van der Waals surface area contributed by atoms with E-state index in [1.807, 2.05) is 0 Å². The smallest absolute Gasteiger partial charge is 0.303 e. The van der Waals surface area contributed by atoms with Gasteiger partial charge in [-0.2, -0.15) is 0 Å². The van der Waals surface area contributed by atoms with Crippen LogP contribution in [-0.4, -0.2) is 48.9 Å². The molecule has 6 nitrogen and oxygen atoms in total. The number of anilines is 1. The van der Waals surface area contributed by atoms with Gasteiger partial charge in [0.2, 0.25) is 0 Å². The molecule has 0 saturated carbocycles. The molecule has 118 valence electrons. The van der Waals surface area contributed by atoms with Crippen molar-refractivity contribution in [2.45, 2.75) is 18.9 Å². The van der Waals surface area contributed by atoms with Crippen molar-refractivity contribution in [3.63, 3.8) is 0 Å². The number of halogens is 1. The van der Waals surface area contributed by atoms with Crippen LogP contribution in [0.5, 0.6) is 11.5 Å². The number of aryl methyl sites for hydroxylation is 1. The van der Waals surface area contributed by atoms with Crippen LogP contribution in [0.15, 0.2) is 12.1 Å². The summed E-state index contributed by atoms with van der Waals surface area (Å²) in [5, 5.41) is 21.3. The van der Waals surface area contributed by atoms with Gasteiger partial charge in [0.05, 0.1) is 26.2 Å². The number of ether oxygens (including phenoxy) is 2. The fraction of sp³-hybridized carbons (Fsp3) is 0.500. The third kappa shape index (κ3) is 5.32. The van der Waals surface area contributed by atoms with Crippen LogP contribution in [0.3, 0.4) is 0 Å². The van der Waals surface area contributed by atoms with E-state index >= 15 is 0 Å². The van der Waals surface area contributed by atoms with Crippen molar-refractivity contribution in [1.82, 2.24) is 0 Å². The normalized spacial score (nSPS) is 11.8. The third-order valence-corrected chi connectivity index (χ3v) is 3.24. The van der Waals surface area contributed by atoms with Crippen molar-refractivity contribution in [2.75, 3.05) is 32.0 Å². The molecule has 0 bridgehead atoms. The van der Waals surface area contributed by atoms with Crippen LogP contribution in [0.25, 0.3) is 0 Å². The Kier molecular flexibility index (Phi) is 7.11. The molecule has 1 aromatic rings. The fourth-order valence-corrected chi connectivity index (χ4v) is 1.97. The molecular formula is C14H20ClNO5. The number of aliphatic hydroxyl groups is 1. The van der Waals surface area contributed by atoms with Crippen molar-refractivity contribution in [1.29, 1.82) is 0 Å². The summed E-state index contributed by atoms with van der Waals surface area (Å²) in [6, 6.07) is 3.51. The van der Waals surface area contributed by atoms with E-state index in [-0.39, 0.29) is 18.8 Å². The molecule has 0 aliphatic heterocycles. The second-order valence-corrected chi connectivity index (χ2v) is 4.76. The molecule has 0 radical (unpaired) electrons. The SMILES string of the molecule is COc1cc(NCC(O)CCl)cc(CCC(=O)O)c1OC. The number of hydrogen-bond donors (Lipinski definition) is 3. The zero-order valence-electron chi connectivity index (χ0n) is 12.1. The maximum atomic E-state index is 10.7. The summed E-state index contributed by atoms with van der Waals surface area (Å²) in [7, 11) is 3.02. The van der Waals surface area contributed by atoms with E-state index in [9.17, 15) is 9.90 Å². The molecule has 1 rings (SSSR count). The Bertz CT molecular complexity index is 481. The van der Waals surface area contributed by atoms with Crippen LogP contribution >= 0.6 is 11.6 Å². The van der Waals surface area contributed by atoms with Crippen LogP contribution < -0.4 is 14.8 Å². The van der Waals surface area contributed by atoms with E-state index in [1.165, 1.54) is 14.2 Å². The zero-order valence-corrected chi connectivity index (χ0v) is 12.8. The summed E-state index contributed by atoms with van der Waals surface area (Å²) >= 11 is 5.54. The van der Waals surface area contributed by atoms with E-state index in [4.69, 9.17) is 26.2 Å². The van der Waals surface area contributed by atoms with Gasteiger partial charge in [-0.25, -0.2) is 0 Å². The predicted molar refractivity (Wildman–Crippen MR) is 80.7 cm³/mol. The highest BCUT2D eigenvalue weighted by atomic mass is 35.5. The lowest BCUT2D eigenvalue weighted by atomic mass is 10.1. The molecule has 0 aromatic heterocycles. The van der Waals surface area contributed by atoms with Crippen LogP contribution in [-0.2, 0) is 11.2 Å². The van der Waals surface area contributed by atoms with E-state index < -0.39 is 12.1 Å². The third-order valence-electron chi connectivity index (χ3n) is 2.88. The average molecular weight is 318 g/mol. The van der Waals surface area contributed by atoms with Gasteiger partial charge in [0.15, 0.2) is 11.5 Å². The minimum atomic E-state index is -0.882. The molecule has 0 heterocycles. The lowest BCUT2D eigenvalue weighted by molar-refractivity contribution is -0.136. The number of rotatable bonds is 9. The first kappa shape index (κ1) is 17.4. The van der Waals surface area contributed by atoms with Crippen molar-refractivity contribution in [3.8, 4) is 11.5 Å². The highest BCUT2D eigenvalue weighted by Crippen LogP contribution is 2.35. The quantitative estimate of drug-likeness (QED) is 0.601. The molecule has 3 N–H and O–H groups in total. The van der Waals surface area contributed by atoms with Crippen LogP contribution in [0.2, 0.25) is 0 Å². The summed E-state index contributed by atoms with van der Waals surface area (Å²) < 4.78 is 10.5. The number of carboxylic acid groups (broad SMARTS) is 1. The molecule has 1 aromatic carbocycles. The molecule has 21 heavy (non-hydrogen) atoms. The summed E-state index contributed by atoms with van der Waals surface area (Å²) in [5.74, 6) is 0.268. The Hall–Kier alpha value is -1.66. The van der Waals surface area contributed by atoms with Crippen LogP contribution in [0.4, 0.5) is 5.69 Å². The molecule has 1 unspecified atom stereocenters. The second-order valence-electron chi connectivity index (χ2n) is 4.45. The van der Waals surface area contributed by atoms with Gasteiger partial charge in [-0.3, -0.25) is 4.79 Å². The Labute approximate surface area is 128 Å². The summed E-state index contributed by atoms with van der Waals surface area (Å²) in [6.45, 7) is 0.289. The van der Waals surface area contributed by atoms with Crippen molar-refractivity contribution < 1.29 is 24.5 Å². The zero-order chi connectivity index (χ0) is 15.8. The van der Waals surface area contributed by atoms with Gasteiger partial charge in [0, 0.05) is 30.3 Å². The first-order valence-electron chi connectivity index (χ1n) is 6.46. The molecular weight excluding hydrogens is 298 g/mol. The van der Waals surface area contributed by atoms with Gasteiger partial charge in [-0.05, 0) is 12.5 Å². The number of benzene rings is 1. The lowest BCUT2D eigenvalue weighted by Crippen LogP contribution is -2.20. The van der Waals surface area contributed by atoms with E-state index in [1.54, 1.807) is 12.1 Å². The van der Waals surface area contributed by atoms with Gasteiger partial charge >= 0.3 is 5.97 Å².